The van der Waals surface area contributed by atoms with Crippen LogP contribution in [0, 0.1) is 5.92 Å². The Labute approximate surface area is 116 Å². The first-order valence-corrected chi connectivity index (χ1v) is 7.59. The fourth-order valence-corrected chi connectivity index (χ4v) is 2.94. The molecule has 2 rings (SSSR count). The molecule has 108 valence electrons. The van der Waals surface area contributed by atoms with E-state index >= 15 is 0 Å². The molecule has 4 heteroatoms. The molecule has 0 spiro atoms. The molecule has 1 aliphatic rings. The molecular weight excluding hydrogens is 238 g/mol. The van der Waals surface area contributed by atoms with E-state index < -0.39 is 0 Å². The largest absolute Gasteiger partial charge is 0.383 e. The van der Waals surface area contributed by atoms with Gasteiger partial charge in [0.1, 0.15) is 0 Å². The summed E-state index contributed by atoms with van der Waals surface area (Å²) in [7, 11) is 1.73. The van der Waals surface area contributed by atoms with Gasteiger partial charge in [0.25, 0.3) is 0 Å². The van der Waals surface area contributed by atoms with E-state index in [4.69, 9.17) is 4.74 Å². The average molecular weight is 265 g/mol. The Hall–Kier alpha value is -0.870. The normalized spacial score (nSPS) is 16.3. The second-order valence-electron chi connectivity index (χ2n) is 5.54. The monoisotopic (exact) mass is 265 g/mol. The summed E-state index contributed by atoms with van der Waals surface area (Å²) in [5.41, 5.74) is 1.28. The van der Waals surface area contributed by atoms with Crippen molar-refractivity contribution in [3.63, 3.8) is 0 Å². The maximum Gasteiger partial charge on any atom is 0.0948 e. The minimum Gasteiger partial charge on any atom is -0.383 e. The Morgan fingerprint density at radius 2 is 2.26 bits per heavy atom. The fraction of sp³-hybridized carbons (Fsp3) is 0.800. The minimum absolute atomic E-state index is 0.760. The quantitative estimate of drug-likeness (QED) is 0.698. The standard InChI is InChI=1S/C15H27N3O/c1-19-10-8-16-11-15-12-17-13-18(15)9-4-7-14-5-2-3-6-14/h12-14,16H,2-11H2,1H3. The Morgan fingerprint density at radius 3 is 3.05 bits per heavy atom. The van der Waals surface area contributed by atoms with Crippen LogP contribution in [0.3, 0.4) is 0 Å². The van der Waals surface area contributed by atoms with E-state index in [9.17, 15) is 0 Å². The number of aromatic nitrogens is 2. The highest BCUT2D eigenvalue weighted by molar-refractivity contribution is 4.97. The van der Waals surface area contributed by atoms with E-state index in [0.717, 1.165) is 32.2 Å². The molecule has 1 aliphatic carbocycles. The van der Waals surface area contributed by atoms with Gasteiger partial charge in [-0.05, 0) is 18.8 Å². The van der Waals surface area contributed by atoms with Crippen LogP contribution in [0.4, 0.5) is 0 Å². The molecule has 1 fully saturated rings. The van der Waals surface area contributed by atoms with Crippen LogP contribution in [0.2, 0.25) is 0 Å². The van der Waals surface area contributed by atoms with Crippen LogP contribution in [0.15, 0.2) is 12.5 Å². The van der Waals surface area contributed by atoms with Crippen LogP contribution >= 0.6 is 0 Å². The van der Waals surface area contributed by atoms with Crippen molar-refractivity contribution in [3.05, 3.63) is 18.2 Å². The average Bonchev–Trinajstić information content (AvgIpc) is 3.07. The van der Waals surface area contributed by atoms with Crippen molar-refractivity contribution in [3.8, 4) is 0 Å². The van der Waals surface area contributed by atoms with Crippen molar-refractivity contribution in [1.82, 2.24) is 14.9 Å². The second kappa shape index (κ2) is 8.33. The molecular formula is C15H27N3O. The summed E-state index contributed by atoms with van der Waals surface area (Å²) in [6.45, 7) is 3.64. The van der Waals surface area contributed by atoms with Gasteiger partial charge < -0.3 is 14.6 Å². The van der Waals surface area contributed by atoms with Gasteiger partial charge in [0.05, 0.1) is 18.6 Å². The summed E-state index contributed by atoms with van der Waals surface area (Å²) in [6, 6.07) is 0. The Kier molecular flexibility index (Phi) is 6.37. The molecule has 0 aromatic carbocycles. The van der Waals surface area contributed by atoms with E-state index in [1.807, 2.05) is 12.5 Å². The number of imidazole rings is 1. The van der Waals surface area contributed by atoms with Gasteiger partial charge in [-0.25, -0.2) is 4.98 Å². The first-order valence-electron chi connectivity index (χ1n) is 7.59. The van der Waals surface area contributed by atoms with E-state index in [0.29, 0.717) is 0 Å². The van der Waals surface area contributed by atoms with Gasteiger partial charge in [-0.15, -0.1) is 0 Å². The lowest BCUT2D eigenvalue weighted by Gasteiger charge is -2.11. The molecule has 0 radical (unpaired) electrons. The van der Waals surface area contributed by atoms with Crippen molar-refractivity contribution in [2.45, 2.75) is 51.6 Å². The van der Waals surface area contributed by atoms with E-state index in [1.54, 1.807) is 7.11 Å². The lowest BCUT2D eigenvalue weighted by molar-refractivity contribution is 0.199. The molecule has 0 aliphatic heterocycles. The SMILES string of the molecule is COCCNCc1cncn1CCCC1CCCC1. The van der Waals surface area contributed by atoms with Gasteiger partial charge in [0.15, 0.2) is 0 Å². The van der Waals surface area contributed by atoms with Gasteiger partial charge in [-0.2, -0.15) is 0 Å². The van der Waals surface area contributed by atoms with Crippen molar-refractivity contribution in [1.29, 1.82) is 0 Å². The maximum absolute atomic E-state index is 5.03. The van der Waals surface area contributed by atoms with Crippen LogP contribution in [0.25, 0.3) is 0 Å². The van der Waals surface area contributed by atoms with E-state index in [-0.39, 0.29) is 0 Å². The summed E-state index contributed by atoms with van der Waals surface area (Å²) in [5.74, 6) is 0.992. The van der Waals surface area contributed by atoms with Gasteiger partial charge in [-0.1, -0.05) is 25.7 Å². The number of rotatable bonds is 9. The topological polar surface area (TPSA) is 39.1 Å². The van der Waals surface area contributed by atoms with Crippen molar-refractivity contribution < 1.29 is 4.74 Å². The second-order valence-corrected chi connectivity index (χ2v) is 5.54. The third-order valence-electron chi connectivity index (χ3n) is 4.07. The first-order chi connectivity index (χ1) is 9.40. The highest BCUT2D eigenvalue weighted by atomic mass is 16.5. The molecule has 19 heavy (non-hydrogen) atoms. The lowest BCUT2D eigenvalue weighted by atomic mass is 10.0. The molecule has 4 nitrogen and oxygen atoms in total. The molecule has 1 saturated carbocycles. The molecule has 0 amide bonds. The first kappa shape index (κ1) is 14.5. The predicted octanol–water partition coefficient (Wildman–Crippen LogP) is 2.59. The van der Waals surface area contributed by atoms with Gasteiger partial charge in [0, 0.05) is 32.9 Å². The van der Waals surface area contributed by atoms with Crippen LogP contribution in [0.5, 0.6) is 0 Å². The summed E-state index contributed by atoms with van der Waals surface area (Å²) in [4.78, 5) is 4.26. The number of hydrogen-bond acceptors (Lipinski definition) is 3. The van der Waals surface area contributed by atoms with Gasteiger partial charge >= 0.3 is 0 Å². The third kappa shape index (κ3) is 4.96. The van der Waals surface area contributed by atoms with Crippen LogP contribution in [0.1, 0.15) is 44.2 Å². The Morgan fingerprint density at radius 1 is 1.42 bits per heavy atom. The van der Waals surface area contributed by atoms with E-state index in [2.05, 4.69) is 14.9 Å². The minimum atomic E-state index is 0.760. The number of nitrogens with zero attached hydrogens (tertiary/aromatic N) is 2. The van der Waals surface area contributed by atoms with E-state index in [1.165, 1.54) is 44.2 Å². The Bertz CT molecular complexity index is 345. The number of ether oxygens (including phenoxy) is 1. The zero-order valence-electron chi connectivity index (χ0n) is 12.1. The smallest absolute Gasteiger partial charge is 0.0948 e. The molecule has 1 aromatic heterocycles. The lowest BCUT2D eigenvalue weighted by Crippen LogP contribution is -2.20. The molecule has 0 saturated heterocycles. The number of aryl methyl sites for hydroxylation is 1. The predicted molar refractivity (Wildman–Crippen MR) is 77.0 cm³/mol. The highest BCUT2D eigenvalue weighted by Gasteiger charge is 2.14. The van der Waals surface area contributed by atoms with Crippen LogP contribution in [-0.2, 0) is 17.8 Å². The van der Waals surface area contributed by atoms with Gasteiger partial charge in [-0.3, -0.25) is 0 Å². The summed E-state index contributed by atoms with van der Waals surface area (Å²) >= 11 is 0. The molecule has 0 unspecified atom stereocenters. The van der Waals surface area contributed by atoms with Crippen molar-refractivity contribution >= 4 is 0 Å². The van der Waals surface area contributed by atoms with Crippen LogP contribution in [-0.4, -0.2) is 29.8 Å². The zero-order chi connectivity index (χ0) is 13.3. The molecule has 0 atom stereocenters. The number of methoxy groups -OCH3 is 1. The van der Waals surface area contributed by atoms with Gasteiger partial charge in [0.2, 0.25) is 0 Å². The zero-order valence-corrected chi connectivity index (χ0v) is 12.1. The molecule has 1 N–H and O–H groups in total. The number of nitrogens with one attached hydrogen (secondary N) is 1. The van der Waals surface area contributed by atoms with Crippen molar-refractivity contribution in [2.24, 2.45) is 5.92 Å². The molecule has 1 heterocycles. The highest BCUT2D eigenvalue weighted by Crippen LogP contribution is 2.28. The molecule has 1 aromatic rings. The number of hydrogen-bond donors (Lipinski definition) is 1. The Balaban J connectivity index is 1.66. The third-order valence-corrected chi connectivity index (χ3v) is 4.07. The summed E-state index contributed by atoms with van der Waals surface area (Å²) < 4.78 is 7.31. The fourth-order valence-electron chi connectivity index (χ4n) is 2.94. The van der Waals surface area contributed by atoms with Crippen LogP contribution < -0.4 is 5.32 Å². The maximum atomic E-state index is 5.03. The summed E-state index contributed by atoms with van der Waals surface area (Å²) in [5, 5.41) is 3.37. The van der Waals surface area contributed by atoms with Crippen molar-refractivity contribution in [2.75, 3.05) is 20.3 Å². The summed E-state index contributed by atoms with van der Waals surface area (Å²) in [6.07, 6.45) is 12.4. The molecule has 0 bridgehead atoms.